The van der Waals surface area contributed by atoms with Gasteiger partial charge in [-0.1, -0.05) is 50.6 Å². The molecule has 1 aliphatic rings. The Hall–Kier alpha value is -6.76. The van der Waals surface area contributed by atoms with Crippen molar-refractivity contribution in [3.05, 3.63) is 35.9 Å². The summed E-state index contributed by atoms with van der Waals surface area (Å²) in [6, 6.07) is -1.68. The third-order valence-corrected chi connectivity index (χ3v) is 11.1. The SMILES string of the molecule is CC[C@H](C)[C@@H]1NC(=O)[C@@H](Cc2ccccc2)NC(=O)[C@H](CCNC(=O)OC(C)(C)C)NC(=O)[C@@H](N)CCNC(=O)[C@H]([C@@H](C)O)NC(=O)[C@H](CCNC(=O)OC(C)(C)C)NC(=O)[C@H](CCNC(=O)OC(C)(C)C)NC1=O. The van der Waals surface area contributed by atoms with Gasteiger partial charge in [-0.2, -0.15) is 0 Å². The fourth-order valence-electron chi connectivity index (χ4n) is 7.06. The molecule has 75 heavy (non-hydrogen) atoms. The Kier molecular flexibility index (Phi) is 25.7. The average molecular weight is 1060 g/mol. The zero-order chi connectivity index (χ0) is 56.8. The van der Waals surface area contributed by atoms with E-state index in [9.17, 15) is 53.1 Å². The standard InChI is InChI=1S/C50H83N11O14/c1-13-28(2)36-44(69)58-33(21-25-54-46(71)74-49(7,8)9)39(64)57-34(22-26-55-47(72)75-50(10,11)12)41(66)61-37(29(3)62)43(68)52-23-19-31(51)38(63)56-32(20-24-53-45(70)73-48(4,5)6)40(65)59-35(42(67)60-36)27-30-17-15-14-16-18-30/h14-18,28-29,31-37,62H,13,19-27,51H2,1-12H3,(H,52,68)(H,53,70)(H,54,71)(H,55,72)(H,56,63)(H,57,64)(H,58,69)(H,59,65)(H,60,67)(H,61,66)/t28-,29+,31-,32-,33-,34-,35+,36-,37-/m0/s1. The van der Waals surface area contributed by atoms with Crippen LogP contribution < -0.4 is 58.9 Å². The van der Waals surface area contributed by atoms with E-state index in [0.29, 0.717) is 12.0 Å². The van der Waals surface area contributed by atoms with Crippen LogP contribution in [0.5, 0.6) is 0 Å². The number of aliphatic hydroxyl groups is 1. The molecule has 25 heteroatoms. The zero-order valence-electron chi connectivity index (χ0n) is 45.5. The summed E-state index contributed by atoms with van der Waals surface area (Å²) in [5, 5.41) is 36.5. The first kappa shape index (κ1) is 64.4. The molecule has 422 valence electrons. The highest BCUT2D eigenvalue weighted by Gasteiger charge is 2.37. The number of aliphatic hydroxyl groups excluding tert-OH is 1. The fourth-order valence-corrected chi connectivity index (χ4v) is 7.06. The highest BCUT2D eigenvalue weighted by Crippen LogP contribution is 2.14. The molecule has 13 N–H and O–H groups in total. The van der Waals surface area contributed by atoms with Crippen molar-refractivity contribution in [1.29, 1.82) is 0 Å². The number of benzene rings is 1. The van der Waals surface area contributed by atoms with Crippen LogP contribution in [0.1, 0.15) is 121 Å². The third-order valence-electron chi connectivity index (χ3n) is 11.1. The molecule has 1 saturated heterocycles. The normalized spacial score (nSPS) is 23.2. The van der Waals surface area contributed by atoms with Crippen LogP contribution in [0.3, 0.4) is 0 Å². The highest BCUT2D eigenvalue weighted by atomic mass is 16.6. The van der Waals surface area contributed by atoms with Crippen LogP contribution >= 0.6 is 0 Å². The van der Waals surface area contributed by atoms with E-state index in [4.69, 9.17) is 19.9 Å². The summed E-state index contributed by atoms with van der Waals surface area (Å²) in [5.41, 5.74) is 4.23. The van der Waals surface area contributed by atoms with Gasteiger partial charge in [0.25, 0.3) is 0 Å². The summed E-state index contributed by atoms with van der Waals surface area (Å²) in [5.74, 6) is -6.92. The quantitative estimate of drug-likeness (QED) is 0.110. The maximum Gasteiger partial charge on any atom is 0.407 e. The number of ether oxygens (including phenoxy) is 3. The number of amides is 10. The minimum absolute atomic E-state index is 0.107. The van der Waals surface area contributed by atoms with Gasteiger partial charge in [0.1, 0.15) is 53.1 Å². The number of nitrogens with two attached hydrogens (primary N) is 1. The predicted octanol–water partition coefficient (Wildman–Crippen LogP) is 0.156. The molecule has 0 bridgehead atoms. The summed E-state index contributed by atoms with van der Waals surface area (Å²) >= 11 is 0. The number of carbonyl (C=O) groups is 10. The van der Waals surface area contributed by atoms with Crippen LogP contribution in [0.4, 0.5) is 14.4 Å². The Balaban J connectivity index is 2.76. The third kappa shape index (κ3) is 25.4. The smallest absolute Gasteiger partial charge is 0.407 e. The molecule has 1 aromatic rings. The Morgan fingerprint density at radius 1 is 0.573 bits per heavy atom. The molecule has 9 atom stereocenters. The lowest BCUT2D eigenvalue weighted by atomic mass is 9.96. The molecule has 1 aliphatic heterocycles. The molecule has 2 rings (SSSR count). The second-order valence-electron chi connectivity index (χ2n) is 21.4. The largest absolute Gasteiger partial charge is 0.444 e. The van der Waals surface area contributed by atoms with Gasteiger partial charge < -0.3 is 78.2 Å². The Bertz CT molecular complexity index is 2110. The molecule has 25 nitrogen and oxygen atoms in total. The zero-order valence-corrected chi connectivity index (χ0v) is 45.5. The molecule has 1 aromatic carbocycles. The van der Waals surface area contributed by atoms with E-state index in [1.165, 1.54) is 6.92 Å². The summed E-state index contributed by atoms with van der Waals surface area (Å²) in [6.45, 7) is 18.5. The van der Waals surface area contributed by atoms with E-state index < -0.39 is 131 Å². The lowest BCUT2D eigenvalue weighted by Gasteiger charge is -2.30. The van der Waals surface area contributed by atoms with Gasteiger partial charge in [0.05, 0.1) is 12.1 Å². The number of hydrogen-bond donors (Lipinski definition) is 12. The van der Waals surface area contributed by atoms with E-state index in [0.717, 1.165) is 0 Å². The van der Waals surface area contributed by atoms with Crippen molar-refractivity contribution in [3.8, 4) is 0 Å². The van der Waals surface area contributed by atoms with Crippen molar-refractivity contribution in [2.75, 3.05) is 26.2 Å². The molecular weight excluding hydrogens is 979 g/mol. The van der Waals surface area contributed by atoms with E-state index in [2.05, 4.69) is 53.2 Å². The molecule has 0 aromatic heterocycles. The summed E-state index contributed by atoms with van der Waals surface area (Å²) in [6.07, 6.45) is -4.87. The summed E-state index contributed by atoms with van der Waals surface area (Å²) < 4.78 is 15.9. The first-order valence-electron chi connectivity index (χ1n) is 25.3. The van der Waals surface area contributed by atoms with Crippen LogP contribution in [0.2, 0.25) is 0 Å². The molecule has 10 amide bonds. The molecule has 1 heterocycles. The lowest BCUT2D eigenvalue weighted by molar-refractivity contribution is -0.136. The van der Waals surface area contributed by atoms with Gasteiger partial charge in [-0.15, -0.1) is 0 Å². The van der Waals surface area contributed by atoms with Crippen LogP contribution in [0.25, 0.3) is 0 Å². The Morgan fingerprint density at radius 2 is 0.947 bits per heavy atom. The topological polar surface area (TPSA) is 365 Å². The van der Waals surface area contributed by atoms with Crippen LogP contribution in [-0.2, 0) is 54.2 Å². The van der Waals surface area contributed by atoms with Crippen molar-refractivity contribution >= 4 is 59.6 Å². The van der Waals surface area contributed by atoms with E-state index in [1.54, 1.807) is 106 Å². The van der Waals surface area contributed by atoms with Gasteiger partial charge in [-0.25, -0.2) is 14.4 Å². The molecule has 0 radical (unpaired) electrons. The first-order chi connectivity index (χ1) is 34.8. The molecule has 0 spiro atoms. The average Bonchev–Trinajstić information content (AvgIpc) is 3.28. The van der Waals surface area contributed by atoms with Crippen molar-refractivity contribution in [2.45, 2.75) is 187 Å². The van der Waals surface area contributed by atoms with Crippen molar-refractivity contribution in [3.63, 3.8) is 0 Å². The molecule has 0 saturated carbocycles. The second kappa shape index (κ2) is 30.0. The molecule has 1 fully saturated rings. The highest BCUT2D eigenvalue weighted by molar-refractivity contribution is 5.97. The minimum Gasteiger partial charge on any atom is -0.444 e. The van der Waals surface area contributed by atoms with E-state index >= 15 is 0 Å². The number of hydrogen-bond acceptors (Lipinski definition) is 15. The molecule has 0 aliphatic carbocycles. The summed E-state index contributed by atoms with van der Waals surface area (Å²) in [7, 11) is 0. The fraction of sp³-hybridized carbons (Fsp3) is 0.680. The van der Waals surface area contributed by atoms with Gasteiger partial charge in [0, 0.05) is 32.6 Å². The van der Waals surface area contributed by atoms with Crippen molar-refractivity contribution in [1.82, 2.24) is 53.2 Å². The van der Waals surface area contributed by atoms with Gasteiger partial charge in [0.15, 0.2) is 0 Å². The number of nitrogens with one attached hydrogen (secondary N) is 10. The van der Waals surface area contributed by atoms with Gasteiger partial charge in [0.2, 0.25) is 41.4 Å². The Labute approximate surface area is 439 Å². The van der Waals surface area contributed by atoms with Crippen molar-refractivity contribution < 1.29 is 67.3 Å². The maximum absolute atomic E-state index is 14.5. The molecule has 0 unspecified atom stereocenters. The van der Waals surface area contributed by atoms with Crippen LogP contribution in [-0.4, -0.2) is 156 Å². The van der Waals surface area contributed by atoms with E-state index in [1.807, 2.05) is 0 Å². The summed E-state index contributed by atoms with van der Waals surface area (Å²) in [4.78, 5) is 137. The number of carbonyl (C=O) groups excluding carboxylic acids is 10. The number of alkyl carbamates (subject to hydrolysis) is 3. The monoisotopic (exact) mass is 1060 g/mol. The van der Waals surface area contributed by atoms with Crippen LogP contribution in [0.15, 0.2) is 30.3 Å². The van der Waals surface area contributed by atoms with Gasteiger partial charge >= 0.3 is 18.3 Å². The second-order valence-corrected chi connectivity index (χ2v) is 21.4. The van der Waals surface area contributed by atoms with Crippen LogP contribution in [0, 0.1) is 5.92 Å². The first-order valence-corrected chi connectivity index (χ1v) is 25.3. The Morgan fingerprint density at radius 3 is 1.36 bits per heavy atom. The van der Waals surface area contributed by atoms with E-state index in [-0.39, 0.29) is 58.3 Å². The lowest BCUT2D eigenvalue weighted by Crippen LogP contribution is -2.62. The minimum atomic E-state index is -1.65. The number of rotatable bonds is 14. The van der Waals surface area contributed by atoms with Gasteiger partial charge in [-0.05, 0) is 106 Å². The molecular formula is C50H83N11O14. The maximum atomic E-state index is 14.5. The van der Waals surface area contributed by atoms with Crippen molar-refractivity contribution in [2.24, 2.45) is 11.7 Å². The predicted molar refractivity (Wildman–Crippen MR) is 275 cm³/mol. The van der Waals surface area contributed by atoms with Gasteiger partial charge in [-0.3, -0.25) is 33.6 Å².